The summed E-state index contributed by atoms with van der Waals surface area (Å²) in [6.07, 6.45) is 0. The number of nitrogens with zero attached hydrogens (tertiary/aromatic N) is 4. The first-order chi connectivity index (χ1) is 37.6. The normalized spacial score (nSPS) is 11.7. The van der Waals surface area contributed by atoms with E-state index < -0.39 is 0 Å². The van der Waals surface area contributed by atoms with Crippen molar-refractivity contribution in [3.05, 3.63) is 242 Å². The second-order valence-corrected chi connectivity index (χ2v) is 19.0. The van der Waals surface area contributed by atoms with Gasteiger partial charge in [0.1, 0.15) is 57.1 Å². The molecule has 0 aliphatic carbocycles. The summed E-state index contributed by atoms with van der Waals surface area (Å²) < 4.78 is 27.9. The van der Waals surface area contributed by atoms with E-state index >= 15 is 0 Å². The van der Waals surface area contributed by atoms with Crippen molar-refractivity contribution in [2.75, 3.05) is 4.90 Å². The predicted molar refractivity (Wildman–Crippen MR) is 304 cm³/mol. The molecule has 15 rings (SSSR count). The standard InChI is InChI=1S/C68H38N4O4/c69-39-45-18-19-46(40-70)67(66(45)71(48-28-31-54-51-12-4-7-15-60(51)75-64(54)38-48)47-26-20-41(21-27-47)42-22-29-50(30-23-42)73-49-10-2-1-3-11-49)72-58-33-24-43(44-25-35-63-56(36-44)53-14-6-8-16-61(53)74-63)37-57(58)65-59(72)34-32-55-52-13-5-9-17-62(52)76-68(55)65/h1-38H. The number of rotatable bonds is 8. The molecule has 8 heteroatoms. The molecule has 0 bridgehead atoms. The molecule has 4 heterocycles. The molecule has 15 aromatic rings. The monoisotopic (exact) mass is 974 g/mol. The Morgan fingerprint density at radius 1 is 0.368 bits per heavy atom. The van der Waals surface area contributed by atoms with Gasteiger partial charge in [0.25, 0.3) is 0 Å². The molecule has 0 N–H and O–H groups in total. The minimum atomic E-state index is 0.369. The number of furan rings is 3. The van der Waals surface area contributed by atoms with Crippen LogP contribution in [0.25, 0.3) is 116 Å². The molecular formula is C68H38N4O4. The number of hydrogen-bond acceptors (Lipinski definition) is 7. The van der Waals surface area contributed by atoms with Gasteiger partial charge in [-0.05, 0) is 138 Å². The van der Waals surface area contributed by atoms with Crippen molar-refractivity contribution in [2.45, 2.75) is 0 Å². The van der Waals surface area contributed by atoms with Gasteiger partial charge in [-0.25, -0.2) is 0 Å². The molecule has 0 aliphatic heterocycles. The Balaban J connectivity index is 0.970. The molecule has 0 saturated heterocycles. The molecule has 4 aromatic heterocycles. The Labute approximate surface area is 433 Å². The summed E-state index contributed by atoms with van der Waals surface area (Å²) in [5, 5.41) is 30.5. The molecular weight excluding hydrogens is 937 g/mol. The van der Waals surface area contributed by atoms with E-state index in [1.165, 1.54) is 0 Å². The first-order valence-corrected chi connectivity index (χ1v) is 25.0. The molecule has 354 valence electrons. The Morgan fingerprint density at radius 3 is 1.61 bits per heavy atom. The fourth-order valence-electron chi connectivity index (χ4n) is 11.2. The molecule has 11 aromatic carbocycles. The average molecular weight is 975 g/mol. The summed E-state index contributed by atoms with van der Waals surface area (Å²) in [4.78, 5) is 2.08. The van der Waals surface area contributed by atoms with Gasteiger partial charge in [0.2, 0.25) is 0 Å². The summed E-state index contributed by atoms with van der Waals surface area (Å²) >= 11 is 0. The minimum absolute atomic E-state index is 0.369. The number of anilines is 3. The molecule has 0 unspecified atom stereocenters. The van der Waals surface area contributed by atoms with E-state index in [1.807, 2.05) is 121 Å². The number of aromatic nitrogens is 1. The van der Waals surface area contributed by atoms with Gasteiger partial charge in [0.05, 0.1) is 44.6 Å². The van der Waals surface area contributed by atoms with E-state index in [1.54, 1.807) is 12.1 Å². The van der Waals surface area contributed by atoms with Crippen LogP contribution in [-0.4, -0.2) is 4.57 Å². The van der Waals surface area contributed by atoms with Crippen LogP contribution < -0.4 is 9.64 Å². The van der Waals surface area contributed by atoms with Crippen LogP contribution >= 0.6 is 0 Å². The van der Waals surface area contributed by atoms with Crippen LogP contribution in [0, 0.1) is 22.7 Å². The lowest BCUT2D eigenvalue weighted by Crippen LogP contribution is -2.16. The van der Waals surface area contributed by atoms with E-state index in [4.69, 9.17) is 18.0 Å². The van der Waals surface area contributed by atoms with Crippen molar-refractivity contribution < 1.29 is 18.0 Å². The van der Waals surface area contributed by atoms with Gasteiger partial charge in [-0.15, -0.1) is 0 Å². The van der Waals surface area contributed by atoms with Gasteiger partial charge < -0.3 is 27.5 Å². The first-order valence-electron chi connectivity index (χ1n) is 25.0. The zero-order valence-corrected chi connectivity index (χ0v) is 40.4. The SMILES string of the molecule is N#Cc1ccc(C#N)c(-n2c3ccc(-c4ccc5oc6ccccc6c5c4)cc3c3c4oc5ccccc5c4ccc32)c1N(c1ccc(-c2ccc(Oc3ccccc3)cc2)cc1)c1ccc2c(c1)oc1ccccc12. The Bertz CT molecular complexity index is 4930. The maximum Gasteiger partial charge on any atom is 0.145 e. The zero-order valence-electron chi connectivity index (χ0n) is 40.4. The molecule has 0 fully saturated rings. The summed E-state index contributed by atoms with van der Waals surface area (Å²) in [6.45, 7) is 0. The minimum Gasteiger partial charge on any atom is -0.457 e. The maximum atomic E-state index is 11.3. The second-order valence-electron chi connectivity index (χ2n) is 19.0. The lowest BCUT2D eigenvalue weighted by Gasteiger charge is -2.30. The largest absolute Gasteiger partial charge is 0.457 e. The molecule has 0 aliphatic rings. The average Bonchev–Trinajstić information content (AvgIpc) is 4.28. The molecule has 8 nitrogen and oxygen atoms in total. The van der Waals surface area contributed by atoms with Crippen molar-refractivity contribution in [1.82, 2.24) is 4.57 Å². The molecule has 0 spiro atoms. The van der Waals surface area contributed by atoms with Gasteiger partial charge in [-0.3, -0.25) is 0 Å². The highest BCUT2D eigenvalue weighted by molar-refractivity contribution is 6.25. The quantitative estimate of drug-likeness (QED) is 0.149. The van der Waals surface area contributed by atoms with E-state index in [2.05, 4.69) is 119 Å². The van der Waals surface area contributed by atoms with Crippen LogP contribution in [0.1, 0.15) is 11.1 Å². The lowest BCUT2D eigenvalue weighted by atomic mass is 10.00. The third kappa shape index (κ3) is 6.69. The van der Waals surface area contributed by atoms with Crippen molar-refractivity contribution in [3.8, 4) is 51.6 Å². The first kappa shape index (κ1) is 42.8. The third-order valence-corrected chi connectivity index (χ3v) is 14.7. The van der Waals surface area contributed by atoms with Crippen molar-refractivity contribution >= 4 is 105 Å². The lowest BCUT2D eigenvalue weighted by molar-refractivity contribution is 0.483. The van der Waals surface area contributed by atoms with E-state index in [0.717, 1.165) is 127 Å². The fraction of sp³-hybridized carbons (Fsp3) is 0. The van der Waals surface area contributed by atoms with Gasteiger partial charge in [-0.2, -0.15) is 10.5 Å². The number of para-hydroxylation sites is 4. The van der Waals surface area contributed by atoms with Crippen molar-refractivity contribution in [2.24, 2.45) is 0 Å². The van der Waals surface area contributed by atoms with Crippen LogP contribution in [0.5, 0.6) is 11.5 Å². The maximum absolute atomic E-state index is 11.3. The fourth-order valence-corrected chi connectivity index (χ4v) is 11.2. The van der Waals surface area contributed by atoms with Crippen LogP contribution in [0.2, 0.25) is 0 Å². The smallest absolute Gasteiger partial charge is 0.145 e. The number of hydrogen-bond donors (Lipinski definition) is 0. The Hall–Kier alpha value is -10.8. The predicted octanol–water partition coefficient (Wildman–Crippen LogP) is 18.8. The summed E-state index contributed by atoms with van der Waals surface area (Å²) in [5.74, 6) is 1.50. The molecule has 0 saturated carbocycles. The van der Waals surface area contributed by atoms with Crippen LogP contribution in [0.4, 0.5) is 17.1 Å². The third-order valence-electron chi connectivity index (χ3n) is 14.7. The van der Waals surface area contributed by atoms with Crippen LogP contribution in [0.15, 0.2) is 244 Å². The van der Waals surface area contributed by atoms with Gasteiger partial charge >= 0.3 is 0 Å². The number of ether oxygens (including phenoxy) is 1. The highest BCUT2D eigenvalue weighted by Gasteiger charge is 2.29. The van der Waals surface area contributed by atoms with Crippen LogP contribution in [0.3, 0.4) is 0 Å². The molecule has 0 atom stereocenters. The number of benzene rings is 11. The zero-order chi connectivity index (χ0) is 50.4. The molecule has 0 radical (unpaired) electrons. The molecule has 0 amide bonds. The van der Waals surface area contributed by atoms with E-state index in [0.29, 0.717) is 28.1 Å². The van der Waals surface area contributed by atoms with Crippen molar-refractivity contribution in [3.63, 3.8) is 0 Å². The van der Waals surface area contributed by atoms with Crippen LogP contribution in [-0.2, 0) is 0 Å². The number of fused-ring (bicyclic) bond motifs is 13. The van der Waals surface area contributed by atoms with Gasteiger partial charge in [0, 0.05) is 49.5 Å². The summed E-state index contributed by atoms with van der Waals surface area (Å²) in [6, 6.07) is 82.1. The Kier molecular flexibility index (Phi) is 9.52. The molecule has 76 heavy (non-hydrogen) atoms. The highest BCUT2D eigenvalue weighted by atomic mass is 16.5. The summed E-state index contributed by atoms with van der Waals surface area (Å²) in [5.41, 5.74) is 13.6. The second kappa shape index (κ2) is 16.9. The van der Waals surface area contributed by atoms with Gasteiger partial charge in [0.15, 0.2) is 0 Å². The van der Waals surface area contributed by atoms with E-state index in [-0.39, 0.29) is 0 Å². The van der Waals surface area contributed by atoms with Crippen molar-refractivity contribution in [1.29, 1.82) is 10.5 Å². The van der Waals surface area contributed by atoms with Gasteiger partial charge in [-0.1, -0.05) is 109 Å². The topological polar surface area (TPSA) is 104 Å². The Morgan fingerprint density at radius 2 is 0.882 bits per heavy atom. The summed E-state index contributed by atoms with van der Waals surface area (Å²) in [7, 11) is 0. The van der Waals surface area contributed by atoms with E-state index in [9.17, 15) is 10.5 Å². The highest BCUT2D eigenvalue weighted by Crippen LogP contribution is 2.49. The number of nitriles is 2.